The van der Waals surface area contributed by atoms with Crippen LogP contribution < -0.4 is 5.32 Å². The highest BCUT2D eigenvalue weighted by molar-refractivity contribution is 5.76. The van der Waals surface area contributed by atoms with Crippen LogP contribution in [0.1, 0.15) is 373 Å². The first kappa shape index (κ1) is 70.6. The molecule has 0 saturated heterocycles. The van der Waals surface area contributed by atoms with Crippen LogP contribution >= 0.6 is 0 Å². The van der Waals surface area contributed by atoms with Crippen LogP contribution in [0.15, 0.2) is 12.2 Å². The Morgan fingerprint density at radius 2 is 0.653 bits per heavy atom. The molecule has 0 aromatic carbocycles. The minimum atomic E-state index is -0.670. The van der Waals surface area contributed by atoms with E-state index >= 15 is 0 Å². The molecule has 72 heavy (non-hydrogen) atoms. The average Bonchev–Trinajstić information content (AvgIpc) is 3.38. The van der Waals surface area contributed by atoms with Crippen molar-refractivity contribution in [3.05, 3.63) is 12.2 Å². The van der Waals surface area contributed by atoms with Crippen LogP contribution in [0.4, 0.5) is 0 Å². The Hall–Kier alpha value is -1.40. The van der Waals surface area contributed by atoms with Gasteiger partial charge >= 0.3 is 5.97 Å². The molecule has 0 rings (SSSR count). The SMILES string of the molecule is CCCCCCCCCCCCCCCCCCCCCC(O)C(CO)NC(=O)CCCCCCCCC/C=C\CCCCCCCCCCCOC(=O)CCCCCCCCCCCCCCCCCC. The van der Waals surface area contributed by atoms with Crippen molar-refractivity contribution in [2.24, 2.45) is 0 Å². The predicted molar refractivity (Wildman–Crippen MR) is 315 cm³/mol. The number of hydrogen-bond donors (Lipinski definition) is 3. The lowest BCUT2D eigenvalue weighted by Crippen LogP contribution is -2.45. The van der Waals surface area contributed by atoms with Crippen LogP contribution in [0, 0.1) is 0 Å². The van der Waals surface area contributed by atoms with E-state index in [1.807, 2.05) is 0 Å². The summed E-state index contributed by atoms with van der Waals surface area (Å²) in [6.45, 7) is 4.98. The Bertz CT molecular complexity index is 1080. The normalized spacial score (nSPS) is 12.6. The van der Waals surface area contributed by atoms with Crippen molar-refractivity contribution in [3.63, 3.8) is 0 Å². The summed E-state index contributed by atoms with van der Waals surface area (Å²) in [6, 6.07) is -0.548. The molecule has 0 aliphatic heterocycles. The predicted octanol–water partition coefficient (Wildman–Crippen LogP) is 20.8. The van der Waals surface area contributed by atoms with Gasteiger partial charge < -0.3 is 20.3 Å². The first-order valence-electron chi connectivity index (χ1n) is 32.9. The molecule has 0 aromatic heterocycles. The molecule has 0 fully saturated rings. The zero-order chi connectivity index (χ0) is 52.2. The van der Waals surface area contributed by atoms with Crippen molar-refractivity contribution in [1.82, 2.24) is 5.32 Å². The Balaban J connectivity index is 3.41. The zero-order valence-corrected chi connectivity index (χ0v) is 48.9. The number of unbranched alkanes of at least 4 members (excludes halogenated alkanes) is 49. The molecule has 1 amide bonds. The number of esters is 1. The molecule has 0 saturated carbocycles. The molecular weight excluding hydrogens is 887 g/mol. The molecule has 0 heterocycles. The van der Waals surface area contributed by atoms with Crippen molar-refractivity contribution in [3.8, 4) is 0 Å². The molecule has 6 heteroatoms. The lowest BCUT2D eigenvalue weighted by Gasteiger charge is -2.22. The van der Waals surface area contributed by atoms with E-state index in [4.69, 9.17) is 4.74 Å². The van der Waals surface area contributed by atoms with Gasteiger partial charge in [-0.3, -0.25) is 9.59 Å². The maximum atomic E-state index is 12.5. The number of allylic oxidation sites excluding steroid dienone is 2. The number of rotatable bonds is 62. The Labute approximate surface area is 450 Å². The lowest BCUT2D eigenvalue weighted by atomic mass is 10.0. The summed E-state index contributed by atoms with van der Waals surface area (Å²) in [5.74, 6) is -0.0289. The number of aliphatic hydroxyl groups excluding tert-OH is 2. The van der Waals surface area contributed by atoms with E-state index < -0.39 is 12.1 Å². The molecule has 428 valence electrons. The summed E-state index contributed by atoms with van der Waals surface area (Å²) in [5, 5.41) is 23.4. The van der Waals surface area contributed by atoms with Gasteiger partial charge in [-0.2, -0.15) is 0 Å². The lowest BCUT2D eigenvalue weighted by molar-refractivity contribution is -0.143. The Kier molecular flexibility index (Phi) is 60.9. The van der Waals surface area contributed by atoms with Gasteiger partial charge in [0.25, 0.3) is 0 Å². The topological polar surface area (TPSA) is 95.9 Å². The first-order valence-corrected chi connectivity index (χ1v) is 32.9. The third-order valence-corrected chi connectivity index (χ3v) is 15.6. The zero-order valence-electron chi connectivity index (χ0n) is 48.9. The second-order valence-corrected chi connectivity index (χ2v) is 22.8. The highest BCUT2D eigenvalue weighted by Gasteiger charge is 2.20. The van der Waals surface area contributed by atoms with Crippen LogP contribution in [-0.4, -0.2) is 47.4 Å². The number of amides is 1. The minimum absolute atomic E-state index is 0.0107. The van der Waals surface area contributed by atoms with Gasteiger partial charge in [-0.1, -0.05) is 321 Å². The van der Waals surface area contributed by atoms with Crippen molar-refractivity contribution in [1.29, 1.82) is 0 Å². The van der Waals surface area contributed by atoms with Crippen molar-refractivity contribution < 1.29 is 24.5 Å². The van der Waals surface area contributed by atoms with Crippen LogP contribution in [0.5, 0.6) is 0 Å². The van der Waals surface area contributed by atoms with E-state index in [1.54, 1.807) is 0 Å². The number of nitrogens with one attached hydrogen (secondary N) is 1. The first-order chi connectivity index (χ1) is 35.5. The fourth-order valence-electron chi connectivity index (χ4n) is 10.5. The third kappa shape index (κ3) is 57.9. The van der Waals surface area contributed by atoms with E-state index in [0.29, 0.717) is 25.9 Å². The second-order valence-electron chi connectivity index (χ2n) is 22.8. The quantitative estimate of drug-likeness (QED) is 0.0320. The summed E-state index contributed by atoms with van der Waals surface area (Å²) >= 11 is 0. The van der Waals surface area contributed by atoms with Crippen LogP contribution in [0.2, 0.25) is 0 Å². The van der Waals surface area contributed by atoms with Crippen LogP contribution in [0.3, 0.4) is 0 Å². The molecule has 0 radical (unpaired) electrons. The molecular formula is C66H129NO5. The van der Waals surface area contributed by atoms with Gasteiger partial charge in [0.05, 0.1) is 25.4 Å². The molecule has 6 nitrogen and oxygen atoms in total. The largest absolute Gasteiger partial charge is 0.466 e. The number of hydrogen-bond acceptors (Lipinski definition) is 5. The van der Waals surface area contributed by atoms with Gasteiger partial charge in [-0.25, -0.2) is 0 Å². The van der Waals surface area contributed by atoms with Crippen molar-refractivity contribution in [2.45, 2.75) is 386 Å². The Morgan fingerprint density at radius 1 is 0.375 bits per heavy atom. The smallest absolute Gasteiger partial charge is 0.305 e. The maximum absolute atomic E-state index is 12.5. The van der Waals surface area contributed by atoms with Crippen LogP contribution in [-0.2, 0) is 14.3 Å². The van der Waals surface area contributed by atoms with Gasteiger partial charge in [0, 0.05) is 12.8 Å². The molecule has 0 bridgehead atoms. The minimum Gasteiger partial charge on any atom is -0.466 e. The molecule has 0 aliphatic carbocycles. The molecule has 2 unspecified atom stereocenters. The number of aliphatic hydroxyl groups is 2. The summed E-state index contributed by atoms with van der Waals surface area (Å²) in [6.07, 6.45) is 75.1. The highest BCUT2D eigenvalue weighted by atomic mass is 16.5. The summed E-state index contributed by atoms with van der Waals surface area (Å²) < 4.78 is 5.49. The van der Waals surface area contributed by atoms with Gasteiger partial charge in [0.2, 0.25) is 5.91 Å². The van der Waals surface area contributed by atoms with Crippen LogP contribution in [0.25, 0.3) is 0 Å². The van der Waals surface area contributed by atoms with Gasteiger partial charge in [-0.15, -0.1) is 0 Å². The maximum Gasteiger partial charge on any atom is 0.305 e. The fraction of sp³-hybridized carbons (Fsp3) is 0.939. The number of carbonyl (C=O) groups excluding carboxylic acids is 2. The fourth-order valence-corrected chi connectivity index (χ4v) is 10.5. The molecule has 0 spiro atoms. The van der Waals surface area contributed by atoms with Crippen molar-refractivity contribution >= 4 is 11.9 Å². The van der Waals surface area contributed by atoms with Gasteiger partial charge in [0.1, 0.15) is 0 Å². The molecule has 0 aromatic rings. The molecule has 0 aliphatic rings. The summed E-state index contributed by atoms with van der Waals surface area (Å²) in [4.78, 5) is 24.6. The molecule has 3 N–H and O–H groups in total. The summed E-state index contributed by atoms with van der Waals surface area (Å²) in [7, 11) is 0. The van der Waals surface area contributed by atoms with E-state index in [-0.39, 0.29) is 18.5 Å². The second kappa shape index (κ2) is 62.1. The average molecular weight is 1020 g/mol. The van der Waals surface area contributed by atoms with E-state index in [9.17, 15) is 19.8 Å². The van der Waals surface area contributed by atoms with E-state index in [2.05, 4.69) is 31.3 Å². The van der Waals surface area contributed by atoms with E-state index in [0.717, 1.165) is 38.5 Å². The number of ether oxygens (including phenoxy) is 1. The van der Waals surface area contributed by atoms with Crippen molar-refractivity contribution in [2.75, 3.05) is 13.2 Å². The highest BCUT2D eigenvalue weighted by Crippen LogP contribution is 2.18. The monoisotopic (exact) mass is 1020 g/mol. The summed E-state index contributed by atoms with van der Waals surface area (Å²) in [5.41, 5.74) is 0. The van der Waals surface area contributed by atoms with E-state index in [1.165, 1.54) is 302 Å². The van der Waals surface area contributed by atoms with Gasteiger partial charge in [-0.05, 0) is 51.4 Å². The Morgan fingerprint density at radius 3 is 0.986 bits per heavy atom. The number of carbonyl (C=O) groups is 2. The standard InChI is InChI=1S/C66H129NO5/c1-3-5-7-9-11-13-15-17-19-21-24-27-30-34-38-42-46-50-54-58-64(69)63(62-68)67-65(70)59-55-51-47-43-39-35-31-28-25-22-23-26-29-33-37-41-45-49-53-57-61-72-66(71)60-56-52-48-44-40-36-32-20-18-16-14-12-10-8-6-4-2/h22,25,63-64,68-69H,3-21,23-24,26-62H2,1-2H3,(H,67,70)/b25-22-. The van der Waals surface area contributed by atoms with Gasteiger partial charge in [0.15, 0.2) is 0 Å². The molecule has 2 atom stereocenters. The third-order valence-electron chi connectivity index (χ3n) is 15.6.